The molecule has 0 spiro atoms. The predicted octanol–water partition coefficient (Wildman–Crippen LogP) is 6.24. The van der Waals surface area contributed by atoms with Gasteiger partial charge in [0.25, 0.3) is 0 Å². The zero-order valence-electron chi connectivity index (χ0n) is 17.7. The first-order valence-electron chi connectivity index (χ1n) is 10.1. The number of nitrogens with one attached hydrogen (secondary N) is 1. The maximum Gasteiger partial charge on any atom is 0.135 e. The molecule has 0 saturated carbocycles. The van der Waals surface area contributed by atoms with Crippen LogP contribution in [0.3, 0.4) is 0 Å². The van der Waals surface area contributed by atoms with E-state index in [0.717, 1.165) is 41.1 Å². The number of fused-ring (bicyclic) bond motifs is 1. The highest BCUT2D eigenvalue weighted by atomic mass is 15.0. The lowest BCUT2D eigenvalue weighted by Gasteiger charge is -2.17. The second-order valence-corrected chi connectivity index (χ2v) is 7.75. The van der Waals surface area contributed by atoms with Crippen molar-refractivity contribution in [3.05, 3.63) is 41.2 Å². The first-order valence-corrected chi connectivity index (χ1v) is 10.1. The first kappa shape index (κ1) is 19.4. The lowest BCUT2D eigenvalue weighted by Crippen LogP contribution is -2.06. The SMILES string of the molecule is CCC(CC)n1cc(C)c2nc(-c3ccc(C(C)C)nc3NC)c(C)cc21. The van der Waals surface area contributed by atoms with Crippen molar-refractivity contribution in [1.82, 2.24) is 14.5 Å². The summed E-state index contributed by atoms with van der Waals surface area (Å²) in [5.41, 5.74) is 7.92. The Morgan fingerprint density at radius 1 is 1.04 bits per heavy atom. The number of nitrogens with zero attached hydrogens (tertiary/aromatic N) is 3. The molecule has 0 aliphatic carbocycles. The van der Waals surface area contributed by atoms with Crippen molar-refractivity contribution in [1.29, 1.82) is 0 Å². The summed E-state index contributed by atoms with van der Waals surface area (Å²) in [6.07, 6.45) is 4.52. The molecule has 0 unspecified atom stereocenters. The highest BCUT2D eigenvalue weighted by molar-refractivity contribution is 5.86. The van der Waals surface area contributed by atoms with Gasteiger partial charge in [-0.05, 0) is 61.9 Å². The molecule has 0 amide bonds. The van der Waals surface area contributed by atoms with Gasteiger partial charge in [0.2, 0.25) is 0 Å². The summed E-state index contributed by atoms with van der Waals surface area (Å²) in [4.78, 5) is 9.91. The van der Waals surface area contributed by atoms with Crippen LogP contribution in [-0.4, -0.2) is 21.6 Å². The Kier molecular flexibility index (Phi) is 5.54. The van der Waals surface area contributed by atoms with Crippen molar-refractivity contribution in [2.45, 2.75) is 66.3 Å². The Balaban J connectivity index is 2.20. The van der Waals surface area contributed by atoms with Crippen LogP contribution in [0.4, 0.5) is 5.82 Å². The minimum Gasteiger partial charge on any atom is -0.373 e. The van der Waals surface area contributed by atoms with Crippen molar-refractivity contribution in [3.8, 4) is 11.3 Å². The molecule has 0 fully saturated rings. The lowest BCUT2D eigenvalue weighted by atomic mass is 10.0. The smallest absolute Gasteiger partial charge is 0.135 e. The molecule has 0 aromatic carbocycles. The fourth-order valence-corrected chi connectivity index (χ4v) is 3.86. The van der Waals surface area contributed by atoms with E-state index in [1.54, 1.807) is 0 Å². The van der Waals surface area contributed by atoms with Gasteiger partial charge in [0.15, 0.2) is 0 Å². The van der Waals surface area contributed by atoms with Crippen LogP contribution in [0.1, 0.15) is 69.3 Å². The minimum atomic E-state index is 0.402. The molecule has 0 atom stereocenters. The van der Waals surface area contributed by atoms with Crippen LogP contribution in [0.5, 0.6) is 0 Å². The molecule has 3 rings (SSSR count). The highest BCUT2D eigenvalue weighted by Crippen LogP contribution is 2.34. The number of aryl methyl sites for hydroxylation is 2. The fraction of sp³-hybridized carbons (Fsp3) is 0.478. The standard InChI is InChI=1S/C23H32N4/c1-8-17(9-2)27-13-16(6)22-20(27)12-15(5)21(26-22)18-10-11-19(14(3)4)25-23(18)24-7/h10-14,17H,8-9H2,1-7H3,(H,24,25). The molecule has 0 bridgehead atoms. The molecule has 0 aliphatic rings. The molecule has 3 aromatic rings. The van der Waals surface area contributed by atoms with Gasteiger partial charge >= 0.3 is 0 Å². The number of aromatic nitrogens is 3. The summed E-state index contributed by atoms with van der Waals surface area (Å²) in [7, 11) is 1.93. The molecule has 3 heterocycles. The molecular formula is C23H32N4. The molecule has 144 valence electrons. The summed E-state index contributed by atoms with van der Waals surface area (Å²) >= 11 is 0. The third kappa shape index (κ3) is 3.45. The van der Waals surface area contributed by atoms with E-state index in [2.05, 4.69) is 75.8 Å². The van der Waals surface area contributed by atoms with Crippen LogP contribution >= 0.6 is 0 Å². The second kappa shape index (κ2) is 7.71. The molecule has 0 aliphatic heterocycles. The van der Waals surface area contributed by atoms with Gasteiger partial charge in [-0.2, -0.15) is 0 Å². The Hall–Kier alpha value is -2.36. The topological polar surface area (TPSA) is 42.7 Å². The van der Waals surface area contributed by atoms with E-state index in [4.69, 9.17) is 9.97 Å². The first-order chi connectivity index (χ1) is 12.9. The monoisotopic (exact) mass is 364 g/mol. The van der Waals surface area contributed by atoms with E-state index in [1.165, 1.54) is 16.6 Å². The maximum atomic E-state index is 5.10. The predicted molar refractivity (Wildman–Crippen MR) is 116 cm³/mol. The minimum absolute atomic E-state index is 0.402. The van der Waals surface area contributed by atoms with E-state index < -0.39 is 0 Å². The van der Waals surface area contributed by atoms with Crippen LogP contribution in [0.2, 0.25) is 0 Å². The number of rotatable bonds is 6. The molecule has 0 radical (unpaired) electrons. The van der Waals surface area contributed by atoms with Crippen LogP contribution < -0.4 is 5.32 Å². The van der Waals surface area contributed by atoms with Gasteiger partial charge in [0.1, 0.15) is 5.82 Å². The Bertz CT molecular complexity index is 949. The summed E-state index contributed by atoms with van der Waals surface area (Å²) < 4.78 is 2.41. The number of pyridine rings is 2. The molecule has 4 nitrogen and oxygen atoms in total. The van der Waals surface area contributed by atoms with Crippen molar-refractivity contribution < 1.29 is 0 Å². The van der Waals surface area contributed by atoms with Gasteiger partial charge in [-0.1, -0.05) is 27.7 Å². The van der Waals surface area contributed by atoms with Crippen molar-refractivity contribution in [2.75, 3.05) is 12.4 Å². The van der Waals surface area contributed by atoms with E-state index in [-0.39, 0.29) is 0 Å². The zero-order valence-corrected chi connectivity index (χ0v) is 17.7. The molecule has 27 heavy (non-hydrogen) atoms. The summed E-state index contributed by atoms with van der Waals surface area (Å²) in [6.45, 7) is 13.2. The van der Waals surface area contributed by atoms with Crippen LogP contribution in [-0.2, 0) is 0 Å². The van der Waals surface area contributed by atoms with Crippen molar-refractivity contribution >= 4 is 16.9 Å². The molecule has 0 saturated heterocycles. The van der Waals surface area contributed by atoms with E-state index >= 15 is 0 Å². The zero-order chi connectivity index (χ0) is 19.7. The number of hydrogen-bond donors (Lipinski definition) is 1. The van der Waals surface area contributed by atoms with Crippen LogP contribution in [0.25, 0.3) is 22.3 Å². The summed E-state index contributed by atoms with van der Waals surface area (Å²) in [5.74, 6) is 1.30. The van der Waals surface area contributed by atoms with Crippen LogP contribution in [0, 0.1) is 13.8 Å². The molecule has 4 heteroatoms. The Morgan fingerprint density at radius 2 is 1.74 bits per heavy atom. The van der Waals surface area contributed by atoms with Gasteiger partial charge < -0.3 is 9.88 Å². The van der Waals surface area contributed by atoms with Crippen molar-refractivity contribution in [3.63, 3.8) is 0 Å². The van der Waals surface area contributed by atoms with Crippen molar-refractivity contribution in [2.24, 2.45) is 0 Å². The van der Waals surface area contributed by atoms with Crippen LogP contribution in [0.15, 0.2) is 24.4 Å². The average molecular weight is 365 g/mol. The fourth-order valence-electron chi connectivity index (χ4n) is 3.86. The largest absolute Gasteiger partial charge is 0.373 e. The van der Waals surface area contributed by atoms with E-state index in [9.17, 15) is 0 Å². The quantitative estimate of drug-likeness (QED) is 0.563. The van der Waals surface area contributed by atoms with E-state index in [0.29, 0.717) is 12.0 Å². The van der Waals surface area contributed by atoms with Gasteiger partial charge in [-0.3, -0.25) is 0 Å². The third-order valence-corrected chi connectivity index (χ3v) is 5.51. The van der Waals surface area contributed by atoms with Gasteiger partial charge in [-0.15, -0.1) is 0 Å². The molecular weight excluding hydrogens is 332 g/mol. The maximum absolute atomic E-state index is 5.10. The van der Waals surface area contributed by atoms with Gasteiger partial charge in [-0.25, -0.2) is 9.97 Å². The lowest BCUT2D eigenvalue weighted by molar-refractivity contribution is 0.485. The average Bonchev–Trinajstić information content (AvgIpc) is 2.97. The summed E-state index contributed by atoms with van der Waals surface area (Å²) in [5, 5.41) is 3.26. The van der Waals surface area contributed by atoms with Gasteiger partial charge in [0.05, 0.1) is 16.7 Å². The highest BCUT2D eigenvalue weighted by Gasteiger charge is 2.18. The number of anilines is 1. The third-order valence-electron chi connectivity index (χ3n) is 5.51. The second-order valence-electron chi connectivity index (χ2n) is 7.75. The summed E-state index contributed by atoms with van der Waals surface area (Å²) in [6, 6.07) is 7.09. The number of hydrogen-bond acceptors (Lipinski definition) is 3. The normalized spacial score (nSPS) is 11.7. The Labute approximate surface area is 163 Å². The van der Waals surface area contributed by atoms with E-state index in [1.807, 2.05) is 7.05 Å². The Morgan fingerprint density at radius 3 is 2.33 bits per heavy atom. The van der Waals surface area contributed by atoms with Gasteiger partial charge in [0, 0.05) is 30.5 Å². The molecule has 3 aromatic heterocycles. The molecule has 1 N–H and O–H groups in total.